The number of allylic oxidation sites excluding steroid dienone is 4. The van der Waals surface area contributed by atoms with Crippen LogP contribution in [-0.2, 0) is 16.6 Å². The molecule has 11 heteroatoms. The van der Waals surface area contributed by atoms with E-state index < -0.39 is 10.0 Å². The lowest BCUT2D eigenvalue weighted by Gasteiger charge is -2.31. The Morgan fingerprint density at radius 3 is 2.69 bits per heavy atom. The van der Waals surface area contributed by atoms with Crippen LogP contribution >= 0.6 is 22.9 Å². The first kappa shape index (κ1) is 20.7. The van der Waals surface area contributed by atoms with Gasteiger partial charge in [0.05, 0.1) is 11.9 Å². The van der Waals surface area contributed by atoms with Crippen molar-refractivity contribution in [1.29, 1.82) is 0 Å². The van der Waals surface area contributed by atoms with Gasteiger partial charge in [-0.05, 0) is 25.5 Å². The van der Waals surface area contributed by atoms with Gasteiger partial charge in [0.25, 0.3) is 5.56 Å². The van der Waals surface area contributed by atoms with E-state index in [4.69, 9.17) is 16.7 Å². The van der Waals surface area contributed by atoms with E-state index in [2.05, 4.69) is 26.8 Å². The summed E-state index contributed by atoms with van der Waals surface area (Å²) < 4.78 is 24.4. The molecule has 2 aliphatic rings. The minimum atomic E-state index is -4.05. The maximum atomic E-state index is 13.0. The second-order valence-electron chi connectivity index (χ2n) is 7.34. The molecule has 0 atom stereocenters. The molecule has 0 bridgehead atoms. The van der Waals surface area contributed by atoms with Crippen LogP contribution in [0.3, 0.4) is 0 Å². The molecule has 1 aliphatic heterocycles. The Balaban J connectivity index is 1.83. The number of fused-ring (bicyclic) bond motifs is 1. The van der Waals surface area contributed by atoms with Crippen molar-refractivity contribution in [1.82, 2.24) is 19.8 Å². The Morgan fingerprint density at radius 2 is 2.03 bits per heavy atom. The van der Waals surface area contributed by atoms with E-state index in [9.17, 15) is 13.2 Å². The van der Waals surface area contributed by atoms with Gasteiger partial charge in [-0.3, -0.25) is 9.69 Å². The van der Waals surface area contributed by atoms with Gasteiger partial charge in [0.2, 0.25) is 10.0 Å². The highest BCUT2D eigenvalue weighted by molar-refractivity contribution is 7.91. The van der Waals surface area contributed by atoms with E-state index in [1.54, 1.807) is 6.08 Å². The molecule has 0 radical (unpaired) electrons. The van der Waals surface area contributed by atoms with Crippen LogP contribution < -0.4 is 10.7 Å². The lowest BCUT2D eigenvalue weighted by atomic mass is 10.00. The number of nitrogens with two attached hydrogens (primary N) is 1. The summed E-state index contributed by atoms with van der Waals surface area (Å²) in [6.45, 7) is 4.15. The number of halogens is 1. The van der Waals surface area contributed by atoms with Crippen LogP contribution in [0.2, 0.25) is 0 Å². The Hall–Kier alpha value is -1.56. The molecule has 0 unspecified atom stereocenters. The minimum Gasteiger partial charge on any atom is -0.309 e. The second-order valence-corrected chi connectivity index (χ2v) is 10.6. The van der Waals surface area contributed by atoms with E-state index in [1.807, 2.05) is 6.08 Å². The van der Waals surface area contributed by atoms with Gasteiger partial charge in [0, 0.05) is 36.8 Å². The van der Waals surface area contributed by atoms with Crippen LogP contribution in [-0.4, -0.2) is 61.4 Å². The number of hydrogen-bond acceptors (Lipinski definition) is 7. The van der Waals surface area contributed by atoms with E-state index in [0.29, 0.717) is 34.2 Å². The largest absolute Gasteiger partial charge is 0.309 e. The maximum Gasteiger partial charge on any atom is 0.260 e. The van der Waals surface area contributed by atoms with Crippen LogP contribution in [0.5, 0.6) is 0 Å². The Kier molecular flexibility index (Phi) is 5.66. The summed E-state index contributed by atoms with van der Waals surface area (Å²) in [4.78, 5) is 25.2. The van der Waals surface area contributed by atoms with Crippen molar-refractivity contribution >= 4 is 48.8 Å². The SMILES string of the molecule is CN1CCN(Cc2nc3sc(S(N)(=O)=O)c(C4=C(Cl)CCC=C4)c3c(=O)[nH]2)CC1. The van der Waals surface area contributed by atoms with Crippen LogP contribution in [0.25, 0.3) is 15.8 Å². The lowest BCUT2D eigenvalue weighted by molar-refractivity contribution is 0.145. The standard InChI is InChI=1S/C18H22ClN5O3S2/c1-23-6-8-24(9-7-23)10-13-21-16(25)15-14(11-4-2-3-5-12(11)19)18(29(20,26)27)28-17(15)22-13/h2,4H,3,5-10H2,1H3,(H2,20,26,27)(H,21,22,25). The molecule has 4 rings (SSSR count). The fraction of sp³-hybridized carbons (Fsp3) is 0.444. The van der Waals surface area contributed by atoms with Gasteiger partial charge in [-0.25, -0.2) is 18.5 Å². The maximum absolute atomic E-state index is 13.0. The van der Waals surface area contributed by atoms with Crippen LogP contribution in [0.1, 0.15) is 24.2 Å². The third kappa shape index (κ3) is 4.18. The molecule has 3 heterocycles. The third-order valence-electron chi connectivity index (χ3n) is 5.18. The Labute approximate surface area is 177 Å². The van der Waals surface area contributed by atoms with E-state index >= 15 is 0 Å². The number of nitrogens with zero attached hydrogens (tertiary/aromatic N) is 3. The smallest absolute Gasteiger partial charge is 0.260 e. The molecule has 0 amide bonds. The molecule has 1 saturated heterocycles. The minimum absolute atomic E-state index is 0.0815. The van der Waals surface area contributed by atoms with E-state index in [1.165, 1.54) is 0 Å². The van der Waals surface area contributed by atoms with Gasteiger partial charge in [-0.1, -0.05) is 23.8 Å². The monoisotopic (exact) mass is 455 g/mol. The second kappa shape index (κ2) is 7.93. The molecule has 29 heavy (non-hydrogen) atoms. The molecule has 2 aromatic rings. The summed E-state index contributed by atoms with van der Waals surface area (Å²) in [5.74, 6) is 0.514. The first-order valence-corrected chi connectivity index (χ1v) is 12.0. The summed E-state index contributed by atoms with van der Waals surface area (Å²) in [6, 6.07) is 0. The molecular weight excluding hydrogens is 434 g/mol. The Bertz CT molecular complexity index is 1170. The topological polar surface area (TPSA) is 112 Å². The summed E-state index contributed by atoms with van der Waals surface area (Å²) in [5, 5.41) is 6.20. The molecule has 3 N–H and O–H groups in total. The van der Waals surface area contributed by atoms with Crippen molar-refractivity contribution in [2.45, 2.75) is 23.6 Å². The molecule has 8 nitrogen and oxygen atoms in total. The zero-order valence-electron chi connectivity index (χ0n) is 15.9. The average molecular weight is 456 g/mol. The molecule has 156 valence electrons. The molecular formula is C18H22ClN5O3S2. The first-order chi connectivity index (χ1) is 13.7. The normalized spacial score (nSPS) is 19.4. The van der Waals surface area contributed by atoms with Gasteiger partial charge in [0.1, 0.15) is 14.9 Å². The van der Waals surface area contributed by atoms with Crippen molar-refractivity contribution in [3.05, 3.63) is 38.9 Å². The predicted octanol–water partition coefficient (Wildman–Crippen LogP) is 1.68. The van der Waals surface area contributed by atoms with Gasteiger partial charge < -0.3 is 9.88 Å². The molecule has 1 aliphatic carbocycles. The number of thiophene rings is 1. The number of piperazine rings is 1. The van der Waals surface area contributed by atoms with Crippen LogP contribution in [0.15, 0.2) is 26.2 Å². The summed E-state index contributed by atoms with van der Waals surface area (Å²) in [6.07, 6.45) is 5.00. The highest BCUT2D eigenvalue weighted by atomic mass is 35.5. The molecule has 1 fully saturated rings. The first-order valence-electron chi connectivity index (χ1n) is 9.29. The van der Waals surface area contributed by atoms with Crippen LogP contribution in [0.4, 0.5) is 0 Å². The fourth-order valence-electron chi connectivity index (χ4n) is 3.63. The molecule has 2 aromatic heterocycles. The molecule has 0 aromatic carbocycles. The van der Waals surface area contributed by atoms with Crippen molar-refractivity contribution < 1.29 is 8.42 Å². The highest BCUT2D eigenvalue weighted by Crippen LogP contribution is 2.40. The van der Waals surface area contributed by atoms with Crippen molar-refractivity contribution in [2.24, 2.45) is 5.14 Å². The lowest BCUT2D eigenvalue weighted by Crippen LogP contribution is -2.44. The van der Waals surface area contributed by atoms with Crippen LogP contribution in [0, 0.1) is 0 Å². The van der Waals surface area contributed by atoms with Crippen molar-refractivity contribution in [2.75, 3.05) is 33.2 Å². The van der Waals surface area contributed by atoms with E-state index in [-0.39, 0.29) is 20.7 Å². The van der Waals surface area contributed by atoms with Gasteiger partial charge in [-0.2, -0.15) is 0 Å². The molecule has 0 spiro atoms. The summed E-state index contributed by atoms with van der Waals surface area (Å²) in [5.41, 5.74) is 0.400. The van der Waals surface area contributed by atoms with Gasteiger partial charge in [0.15, 0.2) is 0 Å². The summed E-state index contributed by atoms with van der Waals surface area (Å²) >= 11 is 7.29. The van der Waals surface area contributed by atoms with Gasteiger partial charge >= 0.3 is 0 Å². The molecule has 0 saturated carbocycles. The number of aromatic nitrogens is 2. The number of likely N-dealkylation sites (N-methyl/N-ethyl adjacent to an activating group) is 1. The highest BCUT2D eigenvalue weighted by Gasteiger charge is 2.28. The van der Waals surface area contributed by atoms with Gasteiger partial charge in [-0.15, -0.1) is 11.3 Å². The fourth-order valence-corrected chi connectivity index (χ4v) is 6.03. The number of H-pyrrole nitrogens is 1. The average Bonchev–Trinajstić information content (AvgIpc) is 3.04. The number of primary sulfonamides is 1. The number of rotatable bonds is 4. The van der Waals surface area contributed by atoms with Crippen molar-refractivity contribution in [3.63, 3.8) is 0 Å². The number of sulfonamides is 1. The number of aromatic amines is 1. The summed E-state index contributed by atoms with van der Waals surface area (Å²) in [7, 11) is -1.97. The number of hydrogen-bond donors (Lipinski definition) is 2. The zero-order valence-corrected chi connectivity index (χ0v) is 18.3. The van der Waals surface area contributed by atoms with E-state index in [0.717, 1.165) is 43.9 Å². The predicted molar refractivity (Wildman–Crippen MR) is 116 cm³/mol. The Morgan fingerprint density at radius 1 is 1.31 bits per heavy atom. The van der Waals surface area contributed by atoms with Crippen molar-refractivity contribution in [3.8, 4) is 0 Å². The zero-order chi connectivity index (χ0) is 20.8. The quantitative estimate of drug-likeness (QED) is 0.725. The number of nitrogens with one attached hydrogen (secondary N) is 1. The third-order valence-corrected chi connectivity index (χ3v) is 8.12.